The summed E-state index contributed by atoms with van der Waals surface area (Å²) in [6.45, 7) is 2.37. The van der Waals surface area contributed by atoms with Crippen LogP contribution in [0.1, 0.15) is 12.0 Å². The van der Waals surface area contributed by atoms with E-state index in [4.69, 9.17) is 21.1 Å². The van der Waals surface area contributed by atoms with Gasteiger partial charge >= 0.3 is 0 Å². The number of nitrogens with one attached hydrogen (secondary N) is 1. The number of ether oxygens (including phenoxy) is 2. The molecular weight excluding hydrogens is 356 g/mol. The van der Waals surface area contributed by atoms with E-state index in [-0.39, 0.29) is 25.0 Å². The van der Waals surface area contributed by atoms with Gasteiger partial charge in [-0.1, -0.05) is 17.7 Å². The standard InChI is InChI=1S/C19H17ClN2O4/c1-11-14(20)3-2-4-15(11)22-9-12(7-18(22)23)19(24)21-13-5-6-16-17(8-13)26-10-25-16/h2-6,8,12H,7,9-10H2,1H3,(H,21,24). The van der Waals surface area contributed by atoms with Crippen LogP contribution in [0.2, 0.25) is 5.02 Å². The number of rotatable bonds is 3. The second-order valence-corrected chi connectivity index (χ2v) is 6.75. The van der Waals surface area contributed by atoms with Gasteiger partial charge in [0.05, 0.1) is 5.92 Å². The molecule has 2 aromatic carbocycles. The maximum atomic E-state index is 12.6. The van der Waals surface area contributed by atoms with Crippen molar-refractivity contribution in [2.24, 2.45) is 5.92 Å². The van der Waals surface area contributed by atoms with Crippen molar-refractivity contribution < 1.29 is 19.1 Å². The van der Waals surface area contributed by atoms with Crippen molar-refractivity contribution in [2.45, 2.75) is 13.3 Å². The summed E-state index contributed by atoms with van der Waals surface area (Å²) in [5.41, 5.74) is 2.20. The van der Waals surface area contributed by atoms with Gasteiger partial charge in [-0.3, -0.25) is 9.59 Å². The zero-order valence-corrected chi connectivity index (χ0v) is 14.9. The van der Waals surface area contributed by atoms with E-state index in [1.807, 2.05) is 13.0 Å². The summed E-state index contributed by atoms with van der Waals surface area (Å²) in [4.78, 5) is 26.7. The molecule has 1 atom stereocenters. The second-order valence-electron chi connectivity index (χ2n) is 6.35. The zero-order valence-electron chi connectivity index (χ0n) is 14.1. The van der Waals surface area contributed by atoms with Crippen molar-refractivity contribution in [1.82, 2.24) is 0 Å². The minimum Gasteiger partial charge on any atom is -0.454 e. The Bertz CT molecular complexity index is 899. The number of nitrogens with zero attached hydrogens (tertiary/aromatic N) is 1. The number of hydrogen-bond acceptors (Lipinski definition) is 4. The Morgan fingerprint density at radius 1 is 1.23 bits per heavy atom. The fraction of sp³-hybridized carbons (Fsp3) is 0.263. The number of anilines is 2. The molecule has 0 aromatic heterocycles. The first-order valence-electron chi connectivity index (χ1n) is 8.29. The number of fused-ring (bicyclic) bond motifs is 1. The lowest BCUT2D eigenvalue weighted by molar-refractivity contribution is -0.122. The van der Waals surface area contributed by atoms with Crippen LogP contribution in [0.15, 0.2) is 36.4 Å². The summed E-state index contributed by atoms with van der Waals surface area (Å²) in [6.07, 6.45) is 0.169. The predicted molar refractivity (Wildman–Crippen MR) is 97.8 cm³/mol. The van der Waals surface area contributed by atoms with Crippen molar-refractivity contribution in [1.29, 1.82) is 0 Å². The molecule has 1 fully saturated rings. The van der Waals surface area contributed by atoms with Crippen molar-refractivity contribution in [3.63, 3.8) is 0 Å². The molecule has 4 rings (SSSR count). The first kappa shape index (κ1) is 16.7. The molecule has 0 spiro atoms. The molecule has 1 N–H and O–H groups in total. The predicted octanol–water partition coefficient (Wildman–Crippen LogP) is 3.37. The van der Waals surface area contributed by atoms with Crippen LogP contribution in [-0.2, 0) is 9.59 Å². The van der Waals surface area contributed by atoms with E-state index in [9.17, 15) is 9.59 Å². The average molecular weight is 373 g/mol. The smallest absolute Gasteiger partial charge is 0.231 e. The molecule has 2 heterocycles. The minimum atomic E-state index is -0.425. The Kier molecular flexibility index (Phi) is 4.20. The van der Waals surface area contributed by atoms with Gasteiger partial charge in [-0.15, -0.1) is 0 Å². The molecule has 0 aliphatic carbocycles. The first-order chi connectivity index (χ1) is 12.5. The number of carbonyl (C=O) groups excluding carboxylic acids is 2. The van der Waals surface area contributed by atoms with Gasteiger partial charge < -0.3 is 19.7 Å². The summed E-state index contributed by atoms with van der Waals surface area (Å²) >= 11 is 6.15. The van der Waals surface area contributed by atoms with Crippen LogP contribution in [0.4, 0.5) is 11.4 Å². The van der Waals surface area contributed by atoms with Crippen LogP contribution in [-0.4, -0.2) is 25.2 Å². The topological polar surface area (TPSA) is 67.9 Å². The number of benzene rings is 2. The Labute approximate surface area is 155 Å². The second kappa shape index (κ2) is 6.53. The lowest BCUT2D eigenvalue weighted by atomic mass is 10.1. The number of carbonyl (C=O) groups is 2. The van der Waals surface area contributed by atoms with Crippen LogP contribution >= 0.6 is 11.6 Å². The molecule has 134 valence electrons. The van der Waals surface area contributed by atoms with E-state index >= 15 is 0 Å². The molecule has 0 radical (unpaired) electrons. The fourth-order valence-corrected chi connectivity index (χ4v) is 3.39. The highest BCUT2D eigenvalue weighted by molar-refractivity contribution is 6.31. The SMILES string of the molecule is Cc1c(Cl)cccc1N1CC(C(=O)Nc2ccc3c(c2)OCO3)CC1=O. The lowest BCUT2D eigenvalue weighted by Gasteiger charge is -2.19. The highest BCUT2D eigenvalue weighted by Crippen LogP contribution is 2.35. The molecule has 7 heteroatoms. The number of hydrogen-bond donors (Lipinski definition) is 1. The maximum absolute atomic E-state index is 12.6. The molecule has 2 amide bonds. The van der Waals surface area contributed by atoms with Crippen LogP contribution in [0.3, 0.4) is 0 Å². The lowest BCUT2D eigenvalue weighted by Crippen LogP contribution is -2.28. The largest absolute Gasteiger partial charge is 0.454 e. The average Bonchev–Trinajstić information content (AvgIpc) is 3.23. The highest BCUT2D eigenvalue weighted by atomic mass is 35.5. The van der Waals surface area contributed by atoms with Gasteiger partial charge in [0, 0.05) is 35.4 Å². The molecule has 2 aliphatic rings. The molecule has 2 aromatic rings. The van der Waals surface area contributed by atoms with E-state index in [1.165, 1.54) is 0 Å². The molecule has 6 nitrogen and oxygen atoms in total. The minimum absolute atomic E-state index is 0.0822. The molecular formula is C19H17ClN2O4. The maximum Gasteiger partial charge on any atom is 0.231 e. The van der Waals surface area contributed by atoms with Gasteiger partial charge in [0.1, 0.15) is 0 Å². The number of amides is 2. The Morgan fingerprint density at radius 3 is 2.88 bits per heavy atom. The van der Waals surface area contributed by atoms with Crippen LogP contribution in [0.25, 0.3) is 0 Å². The van der Waals surface area contributed by atoms with Gasteiger partial charge in [0.2, 0.25) is 18.6 Å². The van der Waals surface area contributed by atoms with Crippen LogP contribution < -0.4 is 19.7 Å². The Morgan fingerprint density at radius 2 is 2.04 bits per heavy atom. The van der Waals surface area contributed by atoms with Gasteiger partial charge in [0.25, 0.3) is 0 Å². The molecule has 1 unspecified atom stereocenters. The van der Waals surface area contributed by atoms with Gasteiger partial charge in [0.15, 0.2) is 11.5 Å². The third-order valence-electron chi connectivity index (χ3n) is 4.67. The molecule has 26 heavy (non-hydrogen) atoms. The van der Waals surface area contributed by atoms with Gasteiger partial charge in [-0.2, -0.15) is 0 Å². The number of halogens is 1. The molecule has 0 bridgehead atoms. The third-order valence-corrected chi connectivity index (χ3v) is 5.08. The van der Waals surface area contributed by atoms with Crippen LogP contribution in [0.5, 0.6) is 11.5 Å². The van der Waals surface area contributed by atoms with E-state index in [0.717, 1.165) is 11.3 Å². The quantitative estimate of drug-likeness (QED) is 0.897. The normalized spacial score (nSPS) is 18.3. The summed E-state index contributed by atoms with van der Waals surface area (Å²) in [5, 5.41) is 3.45. The molecule has 0 saturated carbocycles. The van der Waals surface area contributed by atoms with E-state index in [0.29, 0.717) is 28.8 Å². The summed E-state index contributed by atoms with van der Waals surface area (Å²) in [7, 11) is 0. The summed E-state index contributed by atoms with van der Waals surface area (Å²) in [6, 6.07) is 10.6. The van der Waals surface area contributed by atoms with E-state index in [1.54, 1.807) is 35.2 Å². The molecule has 1 saturated heterocycles. The van der Waals surface area contributed by atoms with E-state index < -0.39 is 5.92 Å². The summed E-state index contributed by atoms with van der Waals surface area (Å²) < 4.78 is 10.6. The highest BCUT2D eigenvalue weighted by Gasteiger charge is 2.36. The van der Waals surface area contributed by atoms with Gasteiger partial charge in [-0.05, 0) is 36.8 Å². The third kappa shape index (κ3) is 2.97. The van der Waals surface area contributed by atoms with Crippen molar-refractivity contribution in [3.05, 3.63) is 47.0 Å². The van der Waals surface area contributed by atoms with Crippen LogP contribution in [0, 0.1) is 12.8 Å². The Balaban J connectivity index is 1.48. The Hall–Kier alpha value is -2.73. The monoisotopic (exact) mass is 372 g/mol. The fourth-order valence-electron chi connectivity index (χ4n) is 3.22. The molecule has 2 aliphatic heterocycles. The summed E-state index contributed by atoms with van der Waals surface area (Å²) in [5.74, 6) is 0.551. The first-order valence-corrected chi connectivity index (χ1v) is 8.67. The van der Waals surface area contributed by atoms with Crippen molar-refractivity contribution >= 4 is 34.8 Å². The zero-order chi connectivity index (χ0) is 18.3. The van der Waals surface area contributed by atoms with Crippen molar-refractivity contribution in [3.8, 4) is 11.5 Å². The van der Waals surface area contributed by atoms with Gasteiger partial charge in [-0.25, -0.2) is 0 Å². The van der Waals surface area contributed by atoms with E-state index in [2.05, 4.69) is 5.32 Å². The van der Waals surface area contributed by atoms with Crippen molar-refractivity contribution in [2.75, 3.05) is 23.6 Å².